The van der Waals surface area contributed by atoms with Gasteiger partial charge in [-0.3, -0.25) is 4.68 Å². The van der Waals surface area contributed by atoms with Gasteiger partial charge in [-0.15, -0.1) is 5.10 Å². The van der Waals surface area contributed by atoms with Crippen molar-refractivity contribution in [2.75, 3.05) is 13.2 Å². The van der Waals surface area contributed by atoms with Crippen LogP contribution in [0, 0.1) is 0 Å². The number of aryl methyl sites for hydroxylation is 1. The van der Waals surface area contributed by atoms with Crippen molar-refractivity contribution in [2.45, 2.75) is 38.3 Å². The van der Waals surface area contributed by atoms with Gasteiger partial charge in [0.05, 0.1) is 24.0 Å². The third kappa shape index (κ3) is 2.41. The van der Waals surface area contributed by atoms with Gasteiger partial charge in [-0.1, -0.05) is 12.1 Å². The number of hydrogen-bond donors (Lipinski definition) is 1. The second-order valence-corrected chi connectivity index (χ2v) is 4.22. The van der Waals surface area contributed by atoms with Crippen LogP contribution in [-0.4, -0.2) is 34.2 Å². The van der Waals surface area contributed by atoms with Crippen molar-refractivity contribution < 1.29 is 4.74 Å². The zero-order valence-corrected chi connectivity index (χ0v) is 10.0. The predicted octanol–water partition coefficient (Wildman–Crippen LogP) is 1.03. The van der Waals surface area contributed by atoms with E-state index in [-0.39, 0.29) is 12.1 Å². The third-order valence-corrected chi connectivity index (χ3v) is 3.08. The fraction of sp³-hybridized carbons (Fsp3) is 0.818. The molecule has 5 nitrogen and oxygen atoms in total. The van der Waals surface area contributed by atoms with Gasteiger partial charge in [0.2, 0.25) is 0 Å². The summed E-state index contributed by atoms with van der Waals surface area (Å²) in [7, 11) is 1.93. The van der Waals surface area contributed by atoms with Crippen molar-refractivity contribution in [2.24, 2.45) is 7.05 Å². The number of nitrogens with one attached hydrogen (secondary N) is 1. The summed E-state index contributed by atoms with van der Waals surface area (Å²) in [6, 6.07) is 0.213. The summed E-state index contributed by atoms with van der Waals surface area (Å²) >= 11 is 0. The number of likely N-dealkylation sites (N-methyl/N-ethyl adjacent to an activating group) is 1. The number of rotatable bonds is 4. The summed E-state index contributed by atoms with van der Waals surface area (Å²) in [6.07, 6.45) is 5.62. The van der Waals surface area contributed by atoms with Crippen LogP contribution < -0.4 is 5.32 Å². The van der Waals surface area contributed by atoms with E-state index in [4.69, 9.17) is 4.74 Å². The lowest BCUT2D eigenvalue weighted by Crippen LogP contribution is -2.37. The minimum atomic E-state index is 0.213. The molecule has 1 fully saturated rings. The molecule has 2 atom stereocenters. The first-order valence-corrected chi connectivity index (χ1v) is 6.02. The number of nitrogens with zero attached hydrogens (tertiary/aromatic N) is 3. The topological polar surface area (TPSA) is 52.0 Å². The van der Waals surface area contributed by atoms with Gasteiger partial charge in [-0.2, -0.15) is 0 Å². The first-order chi connectivity index (χ1) is 7.83. The maximum absolute atomic E-state index is 5.84. The van der Waals surface area contributed by atoms with Gasteiger partial charge < -0.3 is 10.1 Å². The molecule has 5 heteroatoms. The van der Waals surface area contributed by atoms with Crippen molar-refractivity contribution in [3.63, 3.8) is 0 Å². The van der Waals surface area contributed by atoms with E-state index in [2.05, 4.69) is 22.6 Å². The molecule has 1 N–H and O–H groups in total. The molecular weight excluding hydrogens is 204 g/mol. The van der Waals surface area contributed by atoms with Crippen LogP contribution in [0.2, 0.25) is 0 Å². The van der Waals surface area contributed by atoms with Crippen molar-refractivity contribution in [3.05, 3.63) is 11.9 Å². The first-order valence-electron chi connectivity index (χ1n) is 6.02. The van der Waals surface area contributed by atoms with Crippen molar-refractivity contribution in [1.29, 1.82) is 0 Å². The largest absolute Gasteiger partial charge is 0.376 e. The van der Waals surface area contributed by atoms with Crippen molar-refractivity contribution >= 4 is 0 Å². The Morgan fingerprint density at radius 1 is 1.62 bits per heavy atom. The van der Waals surface area contributed by atoms with Gasteiger partial charge in [-0.25, -0.2) is 0 Å². The van der Waals surface area contributed by atoms with Crippen LogP contribution in [-0.2, 0) is 11.8 Å². The molecule has 1 aromatic rings. The van der Waals surface area contributed by atoms with Crippen LogP contribution >= 0.6 is 0 Å². The number of aromatic nitrogens is 3. The highest BCUT2D eigenvalue weighted by Crippen LogP contribution is 2.25. The summed E-state index contributed by atoms with van der Waals surface area (Å²) in [5.74, 6) is 0. The smallest absolute Gasteiger partial charge is 0.0785 e. The summed E-state index contributed by atoms with van der Waals surface area (Å²) in [6.45, 7) is 3.91. The van der Waals surface area contributed by atoms with E-state index in [0.29, 0.717) is 0 Å². The Kier molecular flexibility index (Phi) is 3.90. The average Bonchev–Trinajstić information content (AvgIpc) is 2.73. The Labute approximate surface area is 96.2 Å². The average molecular weight is 224 g/mol. The zero-order valence-electron chi connectivity index (χ0n) is 10.0. The predicted molar refractivity (Wildman–Crippen MR) is 61.0 cm³/mol. The van der Waals surface area contributed by atoms with Crippen LogP contribution in [0.5, 0.6) is 0 Å². The van der Waals surface area contributed by atoms with Gasteiger partial charge in [-0.05, 0) is 25.8 Å². The molecule has 0 saturated carbocycles. The molecule has 1 saturated heterocycles. The normalized spacial score (nSPS) is 23.2. The molecule has 0 radical (unpaired) electrons. The maximum atomic E-state index is 5.84. The zero-order chi connectivity index (χ0) is 11.4. The lowest BCUT2D eigenvalue weighted by atomic mass is 10.00. The SMILES string of the molecule is CCNC(c1cnnn1C)C1CCCCO1. The highest BCUT2D eigenvalue weighted by molar-refractivity contribution is 5.05. The van der Waals surface area contributed by atoms with Gasteiger partial charge in [0, 0.05) is 13.7 Å². The molecule has 2 rings (SSSR count). The van der Waals surface area contributed by atoms with Crippen LogP contribution in [0.25, 0.3) is 0 Å². The molecular formula is C11H20N4O. The van der Waals surface area contributed by atoms with E-state index in [0.717, 1.165) is 25.3 Å². The van der Waals surface area contributed by atoms with E-state index in [9.17, 15) is 0 Å². The second-order valence-electron chi connectivity index (χ2n) is 4.22. The van der Waals surface area contributed by atoms with Gasteiger partial charge in [0.25, 0.3) is 0 Å². The molecule has 90 valence electrons. The summed E-state index contributed by atoms with van der Waals surface area (Å²) in [5, 5.41) is 11.4. The Bertz CT molecular complexity index is 320. The number of ether oxygens (including phenoxy) is 1. The Balaban J connectivity index is 2.12. The quantitative estimate of drug-likeness (QED) is 0.830. The molecule has 0 aliphatic carbocycles. The molecule has 0 amide bonds. The first kappa shape index (κ1) is 11.5. The fourth-order valence-corrected chi connectivity index (χ4v) is 2.25. The minimum Gasteiger partial charge on any atom is -0.376 e. The molecule has 0 bridgehead atoms. The molecule has 16 heavy (non-hydrogen) atoms. The Morgan fingerprint density at radius 3 is 3.06 bits per heavy atom. The molecule has 2 heterocycles. The highest BCUT2D eigenvalue weighted by atomic mass is 16.5. The van der Waals surface area contributed by atoms with Gasteiger partial charge >= 0.3 is 0 Å². The molecule has 1 aliphatic heterocycles. The van der Waals surface area contributed by atoms with Gasteiger partial charge in [0.15, 0.2) is 0 Å². The second kappa shape index (κ2) is 5.41. The van der Waals surface area contributed by atoms with Crippen LogP contribution in [0.3, 0.4) is 0 Å². The van der Waals surface area contributed by atoms with E-state index in [1.807, 2.05) is 17.9 Å². The van der Waals surface area contributed by atoms with Crippen LogP contribution in [0.1, 0.15) is 37.9 Å². The van der Waals surface area contributed by atoms with E-state index < -0.39 is 0 Å². The standard InChI is InChI=1S/C11H20N4O/c1-3-12-11(9-8-13-14-15(9)2)10-6-4-5-7-16-10/h8,10-12H,3-7H2,1-2H3. The molecule has 0 spiro atoms. The number of hydrogen-bond acceptors (Lipinski definition) is 4. The van der Waals surface area contributed by atoms with E-state index in [1.165, 1.54) is 12.8 Å². The van der Waals surface area contributed by atoms with E-state index in [1.54, 1.807) is 0 Å². The van der Waals surface area contributed by atoms with Crippen molar-refractivity contribution in [3.8, 4) is 0 Å². The van der Waals surface area contributed by atoms with Crippen molar-refractivity contribution in [1.82, 2.24) is 20.3 Å². The molecule has 0 aromatic carbocycles. The maximum Gasteiger partial charge on any atom is 0.0785 e. The van der Waals surface area contributed by atoms with E-state index >= 15 is 0 Å². The van der Waals surface area contributed by atoms with Crippen LogP contribution in [0.4, 0.5) is 0 Å². The monoisotopic (exact) mass is 224 g/mol. The Hall–Kier alpha value is -0.940. The Morgan fingerprint density at radius 2 is 2.50 bits per heavy atom. The molecule has 1 aromatic heterocycles. The molecule has 2 unspecified atom stereocenters. The summed E-state index contributed by atoms with van der Waals surface area (Å²) < 4.78 is 7.66. The lowest BCUT2D eigenvalue weighted by molar-refractivity contribution is -0.00949. The van der Waals surface area contributed by atoms with Gasteiger partial charge in [0.1, 0.15) is 0 Å². The summed E-state index contributed by atoms with van der Waals surface area (Å²) in [4.78, 5) is 0. The summed E-state index contributed by atoms with van der Waals surface area (Å²) in [5.41, 5.74) is 1.11. The fourth-order valence-electron chi connectivity index (χ4n) is 2.25. The molecule has 1 aliphatic rings. The van der Waals surface area contributed by atoms with Crippen LogP contribution in [0.15, 0.2) is 6.20 Å². The minimum absolute atomic E-state index is 0.213. The highest BCUT2D eigenvalue weighted by Gasteiger charge is 2.27. The third-order valence-electron chi connectivity index (χ3n) is 3.08. The lowest BCUT2D eigenvalue weighted by Gasteiger charge is -2.30.